The third-order valence-corrected chi connectivity index (χ3v) is 4.30. The Morgan fingerprint density at radius 1 is 0.760 bits per heavy atom. The van der Waals surface area contributed by atoms with Gasteiger partial charge >= 0.3 is 0 Å². The lowest BCUT2D eigenvalue weighted by Crippen LogP contribution is -2.10. The van der Waals surface area contributed by atoms with Crippen LogP contribution in [-0.2, 0) is 0 Å². The standard InChI is InChI=1S/C22H18N2O/c1-15-11-12-17(22(25)13-15)21-14-20(16-7-3-2-4-8-16)23-18-9-5-6-10-19(18)24-21/h2-13,25H,14H2,1H3. The number of aryl methyl sites for hydroxylation is 1. The lowest BCUT2D eigenvalue weighted by molar-refractivity contribution is 0.473. The highest BCUT2D eigenvalue weighted by molar-refractivity contribution is 6.21. The maximum absolute atomic E-state index is 10.4. The number of hydrogen-bond acceptors (Lipinski definition) is 3. The number of aliphatic imine (C=N–C) groups is 2. The van der Waals surface area contributed by atoms with Crippen LogP contribution in [0.3, 0.4) is 0 Å². The van der Waals surface area contributed by atoms with Crippen molar-refractivity contribution in [1.82, 2.24) is 0 Å². The fourth-order valence-corrected chi connectivity index (χ4v) is 3.02. The summed E-state index contributed by atoms with van der Waals surface area (Å²) < 4.78 is 0. The van der Waals surface area contributed by atoms with Crippen molar-refractivity contribution >= 4 is 22.8 Å². The molecule has 0 spiro atoms. The molecule has 1 N–H and O–H groups in total. The van der Waals surface area contributed by atoms with Gasteiger partial charge < -0.3 is 5.11 Å². The minimum Gasteiger partial charge on any atom is -0.507 e. The van der Waals surface area contributed by atoms with E-state index >= 15 is 0 Å². The predicted octanol–water partition coefficient (Wildman–Crippen LogP) is 5.35. The van der Waals surface area contributed by atoms with E-state index < -0.39 is 0 Å². The van der Waals surface area contributed by atoms with E-state index in [0.717, 1.165) is 39.5 Å². The molecule has 0 saturated heterocycles. The summed E-state index contributed by atoms with van der Waals surface area (Å²) in [5.41, 5.74) is 6.29. The monoisotopic (exact) mass is 326 g/mol. The zero-order valence-electron chi connectivity index (χ0n) is 14.0. The largest absolute Gasteiger partial charge is 0.507 e. The van der Waals surface area contributed by atoms with Crippen molar-refractivity contribution < 1.29 is 5.11 Å². The molecule has 25 heavy (non-hydrogen) atoms. The second kappa shape index (κ2) is 6.36. The molecule has 3 heteroatoms. The number of hydrogen-bond donors (Lipinski definition) is 1. The molecule has 0 bridgehead atoms. The number of nitrogens with zero attached hydrogens (tertiary/aromatic N) is 2. The molecule has 1 aliphatic rings. The van der Waals surface area contributed by atoms with Crippen LogP contribution < -0.4 is 0 Å². The summed E-state index contributed by atoms with van der Waals surface area (Å²) >= 11 is 0. The first-order valence-electron chi connectivity index (χ1n) is 8.30. The van der Waals surface area contributed by atoms with Gasteiger partial charge in [-0.1, -0.05) is 48.5 Å². The summed E-state index contributed by atoms with van der Waals surface area (Å²) in [5, 5.41) is 10.4. The molecule has 0 radical (unpaired) electrons. The van der Waals surface area contributed by atoms with E-state index in [1.165, 1.54) is 0 Å². The van der Waals surface area contributed by atoms with Crippen molar-refractivity contribution in [2.75, 3.05) is 0 Å². The molecule has 1 aliphatic heterocycles. The average molecular weight is 326 g/mol. The van der Waals surface area contributed by atoms with E-state index in [1.807, 2.05) is 61.5 Å². The molecule has 0 unspecified atom stereocenters. The second-order valence-electron chi connectivity index (χ2n) is 6.17. The molecule has 4 rings (SSSR count). The van der Waals surface area contributed by atoms with Crippen molar-refractivity contribution in [1.29, 1.82) is 0 Å². The van der Waals surface area contributed by atoms with Crippen molar-refractivity contribution in [2.24, 2.45) is 9.98 Å². The van der Waals surface area contributed by atoms with Gasteiger partial charge in [-0.15, -0.1) is 0 Å². The Labute approximate surface area is 147 Å². The van der Waals surface area contributed by atoms with Gasteiger partial charge in [0.15, 0.2) is 0 Å². The fourth-order valence-electron chi connectivity index (χ4n) is 3.02. The minimum atomic E-state index is 0.255. The molecule has 0 fully saturated rings. The lowest BCUT2D eigenvalue weighted by Gasteiger charge is -2.10. The Kier molecular flexibility index (Phi) is 3.90. The molecule has 0 saturated carbocycles. The molecule has 0 aliphatic carbocycles. The number of aromatic hydroxyl groups is 1. The number of benzene rings is 3. The van der Waals surface area contributed by atoms with E-state index in [1.54, 1.807) is 6.07 Å². The number of fused-ring (bicyclic) bond motifs is 1. The summed E-state index contributed by atoms with van der Waals surface area (Å²) in [7, 11) is 0. The van der Waals surface area contributed by atoms with Crippen LogP contribution in [0.2, 0.25) is 0 Å². The maximum Gasteiger partial charge on any atom is 0.124 e. The Balaban J connectivity index is 1.89. The van der Waals surface area contributed by atoms with Gasteiger partial charge in [-0.05, 0) is 42.3 Å². The third-order valence-electron chi connectivity index (χ3n) is 4.30. The highest BCUT2D eigenvalue weighted by Gasteiger charge is 2.18. The van der Waals surface area contributed by atoms with Gasteiger partial charge in [0.25, 0.3) is 0 Å². The smallest absolute Gasteiger partial charge is 0.124 e. The van der Waals surface area contributed by atoms with Crippen molar-refractivity contribution in [3.63, 3.8) is 0 Å². The Bertz CT molecular complexity index is 988. The summed E-state index contributed by atoms with van der Waals surface area (Å²) in [5.74, 6) is 0.255. The van der Waals surface area contributed by atoms with Gasteiger partial charge in [-0.2, -0.15) is 0 Å². The van der Waals surface area contributed by atoms with Crippen LogP contribution in [0.25, 0.3) is 0 Å². The topological polar surface area (TPSA) is 45.0 Å². The second-order valence-corrected chi connectivity index (χ2v) is 6.17. The van der Waals surface area contributed by atoms with Crippen molar-refractivity contribution in [2.45, 2.75) is 13.3 Å². The molecule has 0 aromatic heterocycles. The van der Waals surface area contributed by atoms with Crippen LogP contribution in [0.5, 0.6) is 5.75 Å². The Hall–Kier alpha value is -3.20. The normalized spacial score (nSPS) is 13.5. The van der Waals surface area contributed by atoms with E-state index in [4.69, 9.17) is 9.98 Å². The first-order chi connectivity index (χ1) is 12.2. The zero-order chi connectivity index (χ0) is 17.2. The van der Waals surface area contributed by atoms with Gasteiger partial charge in [0.05, 0.1) is 22.8 Å². The minimum absolute atomic E-state index is 0.255. The van der Waals surface area contributed by atoms with Gasteiger partial charge in [0.1, 0.15) is 5.75 Å². The average Bonchev–Trinajstić information content (AvgIpc) is 2.82. The van der Waals surface area contributed by atoms with Gasteiger partial charge in [0, 0.05) is 12.0 Å². The third kappa shape index (κ3) is 3.09. The Morgan fingerprint density at radius 3 is 2.08 bits per heavy atom. The molecule has 0 atom stereocenters. The SMILES string of the molecule is Cc1ccc(C2=Nc3ccccc3N=C(c3ccccc3)C2)c(O)c1. The number of para-hydroxylation sites is 2. The molecule has 3 aromatic rings. The van der Waals surface area contributed by atoms with E-state index in [2.05, 4.69) is 12.1 Å². The molecular weight excluding hydrogens is 308 g/mol. The van der Waals surface area contributed by atoms with Crippen molar-refractivity contribution in [3.8, 4) is 5.75 Å². The predicted molar refractivity (Wildman–Crippen MR) is 103 cm³/mol. The van der Waals surface area contributed by atoms with Gasteiger partial charge in [-0.3, -0.25) is 9.98 Å². The fraction of sp³-hybridized carbons (Fsp3) is 0.0909. The van der Waals surface area contributed by atoms with Crippen LogP contribution in [0, 0.1) is 6.92 Å². The van der Waals surface area contributed by atoms with E-state index in [-0.39, 0.29) is 5.75 Å². The zero-order valence-corrected chi connectivity index (χ0v) is 14.0. The summed E-state index contributed by atoms with van der Waals surface area (Å²) in [4.78, 5) is 9.67. The van der Waals surface area contributed by atoms with Crippen LogP contribution in [0.15, 0.2) is 82.8 Å². The highest BCUT2D eigenvalue weighted by Crippen LogP contribution is 2.34. The van der Waals surface area contributed by atoms with Crippen LogP contribution in [-0.4, -0.2) is 16.5 Å². The summed E-state index contributed by atoms with van der Waals surface area (Å²) in [6.45, 7) is 1.96. The van der Waals surface area contributed by atoms with Gasteiger partial charge in [0.2, 0.25) is 0 Å². The molecule has 122 valence electrons. The molecule has 3 nitrogen and oxygen atoms in total. The van der Waals surface area contributed by atoms with Crippen LogP contribution in [0.4, 0.5) is 11.4 Å². The van der Waals surface area contributed by atoms with E-state index in [9.17, 15) is 5.11 Å². The van der Waals surface area contributed by atoms with Crippen molar-refractivity contribution in [3.05, 3.63) is 89.5 Å². The number of rotatable bonds is 2. The van der Waals surface area contributed by atoms with E-state index in [0.29, 0.717) is 6.42 Å². The summed E-state index contributed by atoms with van der Waals surface area (Å²) in [6.07, 6.45) is 0.565. The molecular formula is C22H18N2O. The molecule has 3 aromatic carbocycles. The quantitative estimate of drug-likeness (QED) is 0.678. The molecule has 0 amide bonds. The Morgan fingerprint density at radius 2 is 1.40 bits per heavy atom. The lowest BCUT2D eigenvalue weighted by atomic mass is 9.98. The highest BCUT2D eigenvalue weighted by atomic mass is 16.3. The van der Waals surface area contributed by atoms with Crippen LogP contribution >= 0.6 is 0 Å². The summed E-state index contributed by atoms with van der Waals surface area (Å²) in [6, 6.07) is 23.7. The van der Waals surface area contributed by atoms with Gasteiger partial charge in [-0.25, -0.2) is 0 Å². The maximum atomic E-state index is 10.4. The number of phenolic OH excluding ortho intramolecular Hbond substituents is 1. The first kappa shape index (κ1) is 15.3. The first-order valence-corrected chi connectivity index (χ1v) is 8.30. The van der Waals surface area contributed by atoms with Crippen LogP contribution in [0.1, 0.15) is 23.1 Å². The number of phenols is 1. The molecule has 1 heterocycles.